The number of anilines is 1. The van der Waals surface area contributed by atoms with Crippen molar-refractivity contribution in [2.75, 3.05) is 64.4 Å². The molecule has 0 radical (unpaired) electrons. The summed E-state index contributed by atoms with van der Waals surface area (Å²) in [4.78, 5) is 43.9. The largest absolute Gasteiger partial charge is 0.378 e. The van der Waals surface area contributed by atoms with Gasteiger partial charge in [-0.25, -0.2) is 4.79 Å². The van der Waals surface area contributed by atoms with Crippen LogP contribution in [-0.4, -0.2) is 98.2 Å². The van der Waals surface area contributed by atoms with Crippen LogP contribution in [0.5, 0.6) is 0 Å². The number of benzene rings is 1. The number of carbonyl (C=O) groups excluding carboxylic acids is 3. The number of amides is 4. The highest BCUT2D eigenvalue weighted by atomic mass is 16.5. The molecule has 0 aromatic heterocycles. The predicted octanol–water partition coefficient (Wildman–Crippen LogP) is 0.179. The fourth-order valence-electron chi connectivity index (χ4n) is 3.98. The SMILES string of the molecule is CN1C(=O)CC(N2CCN(C(=O)c3ccc(N4CCOCC4)cc3)CC2)NC1=O. The quantitative estimate of drug-likeness (QED) is 0.778. The Hall–Kier alpha value is -2.65. The monoisotopic (exact) mass is 401 g/mol. The van der Waals surface area contributed by atoms with Gasteiger partial charge in [0.2, 0.25) is 5.91 Å². The van der Waals surface area contributed by atoms with E-state index in [1.807, 2.05) is 29.2 Å². The van der Waals surface area contributed by atoms with Crippen molar-refractivity contribution >= 4 is 23.5 Å². The van der Waals surface area contributed by atoms with Crippen molar-refractivity contribution in [2.45, 2.75) is 12.6 Å². The second-order valence-corrected chi connectivity index (χ2v) is 7.60. The van der Waals surface area contributed by atoms with Gasteiger partial charge in [0.1, 0.15) is 0 Å². The number of hydrogen-bond acceptors (Lipinski definition) is 6. The molecule has 1 aromatic rings. The van der Waals surface area contributed by atoms with Crippen molar-refractivity contribution in [3.05, 3.63) is 29.8 Å². The van der Waals surface area contributed by atoms with Crippen LogP contribution < -0.4 is 10.2 Å². The van der Waals surface area contributed by atoms with Crippen molar-refractivity contribution in [1.82, 2.24) is 20.0 Å². The zero-order chi connectivity index (χ0) is 20.4. The van der Waals surface area contributed by atoms with Gasteiger partial charge in [-0.15, -0.1) is 0 Å². The first kappa shape index (κ1) is 19.7. The van der Waals surface area contributed by atoms with Crippen LogP contribution in [0, 0.1) is 0 Å². The third-order valence-corrected chi connectivity index (χ3v) is 5.87. The summed E-state index contributed by atoms with van der Waals surface area (Å²) >= 11 is 0. The molecule has 0 spiro atoms. The number of hydrogen-bond donors (Lipinski definition) is 1. The summed E-state index contributed by atoms with van der Waals surface area (Å²) < 4.78 is 5.38. The lowest BCUT2D eigenvalue weighted by Crippen LogP contribution is -2.62. The Morgan fingerprint density at radius 1 is 1.00 bits per heavy atom. The van der Waals surface area contributed by atoms with Gasteiger partial charge in [0.15, 0.2) is 0 Å². The molecule has 9 nitrogen and oxygen atoms in total. The third kappa shape index (κ3) is 4.20. The Morgan fingerprint density at radius 2 is 1.66 bits per heavy atom. The number of piperazine rings is 1. The van der Waals surface area contributed by atoms with Gasteiger partial charge in [-0.2, -0.15) is 0 Å². The maximum Gasteiger partial charge on any atom is 0.325 e. The number of nitrogens with zero attached hydrogens (tertiary/aromatic N) is 4. The first-order valence-corrected chi connectivity index (χ1v) is 10.1. The highest BCUT2D eigenvalue weighted by molar-refractivity contribution is 5.97. The topological polar surface area (TPSA) is 85.4 Å². The molecule has 1 aromatic carbocycles. The second-order valence-electron chi connectivity index (χ2n) is 7.60. The van der Waals surface area contributed by atoms with Crippen molar-refractivity contribution in [1.29, 1.82) is 0 Å². The smallest absolute Gasteiger partial charge is 0.325 e. The van der Waals surface area contributed by atoms with Gasteiger partial charge in [0, 0.05) is 57.6 Å². The van der Waals surface area contributed by atoms with Gasteiger partial charge < -0.3 is 19.9 Å². The molecule has 1 atom stereocenters. The molecule has 3 aliphatic heterocycles. The Bertz CT molecular complexity index is 752. The summed E-state index contributed by atoms with van der Waals surface area (Å²) in [6, 6.07) is 7.39. The van der Waals surface area contributed by atoms with Crippen molar-refractivity contribution in [3.63, 3.8) is 0 Å². The van der Waals surface area contributed by atoms with E-state index < -0.39 is 0 Å². The summed E-state index contributed by atoms with van der Waals surface area (Å²) in [6.45, 7) is 5.58. The minimum absolute atomic E-state index is 0.0154. The Labute approximate surface area is 170 Å². The van der Waals surface area contributed by atoms with E-state index in [-0.39, 0.29) is 30.4 Å². The Morgan fingerprint density at radius 3 is 2.28 bits per heavy atom. The molecule has 4 amide bonds. The summed E-state index contributed by atoms with van der Waals surface area (Å²) in [6.07, 6.45) is -0.0320. The van der Waals surface area contributed by atoms with E-state index in [2.05, 4.69) is 15.1 Å². The Kier molecular flexibility index (Phi) is 5.68. The zero-order valence-corrected chi connectivity index (χ0v) is 16.7. The lowest BCUT2D eigenvalue weighted by atomic mass is 10.1. The first-order chi connectivity index (χ1) is 14.0. The number of ether oxygens (including phenoxy) is 1. The van der Waals surface area contributed by atoms with Gasteiger partial charge in [-0.05, 0) is 24.3 Å². The number of urea groups is 1. The molecule has 156 valence electrons. The molecule has 1 N–H and O–H groups in total. The molecule has 0 aliphatic carbocycles. The minimum atomic E-state index is -0.370. The van der Waals surface area contributed by atoms with E-state index in [1.165, 1.54) is 7.05 Å². The van der Waals surface area contributed by atoms with Gasteiger partial charge in [0.05, 0.1) is 25.8 Å². The molecule has 3 saturated heterocycles. The van der Waals surface area contributed by atoms with Crippen LogP contribution in [0.4, 0.5) is 10.5 Å². The number of rotatable bonds is 3. The van der Waals surface area contributed by atoms with Crippen molar-refractivity contribution < 1.29 is 19.1 Å². The van der Waals surface area contributed by atoms with Crippen LogP contribution in [0.3, 0.4) is 0 Å². The van der Waals surface area contributed by atoms with E-state index in [4.69, 9.17) is 4.74 Å². The number of carbonyl (C=O) groups is 3. The van der Waals surface area contributed by atoms with Crippen LogP contribution in [0.2, 0.25) is 0 Å². The maximum absolute atomic E-state index is 12.9. The lowest BCUT2D eigenvalue weighted by molar-refractivity contribution is -0.130. The van der Waals surface area contributed by atoms with Crippen molar-refractivity contribution in [2.24, 2.45) is 0 Å². The number of imide groups is 1. The van der Waals surface area contributed by atoms with Gasteiger partial charge in [0.25, 0.3) is 5.91 Å². The second kappa shape index (κ2) is 8.38. The highest BCUT2D eigenvalue weighted by Crippen LogP contribution is 2.19. The van der Waals surface area contributed by atoms with E-state index >= 15 is 0 Å². The molecule has 1 unspecified atom stereocenters. The number of nitrogens with one attached hydrogen (secondary N) is 1. The fourth-order valence-corrected chi connectivity index (χ4v) is 3.98. The molecule has 3 heterocycles. The van der Waals surface area contributed by atoms with Crippen LogP contribution in [0.1, 0.15) is 16.8 Å². The molecule has 4 rings (SSSR count). The molecule has 3 fully saturated rings. The van der Waals surface area contributed by atoms with E-state index in [0.717, 1.165) is 36.9 Å². The Balaban J connectivity index is 1.32. The van der Waals surface area contributed by atoms with Crippen LogP contribution in [-0.2, 0) is 9.53 Å². The van der Waals surface area contributed by atoms with Crippen LogP contribution in [0.15, 0.2) is 24.3 Å². The molecule has 0 bridgehead atoms. The highest BCUT2D eigenvalue weighted by Gasteiger charge is 2.34. The molecular formula is C20H27N5O4. The average Bonchev–Trinajstić information content (AvgIpc) is 2.77. The first-order valence-electron chi connectivity index (χ1n) is 10.1. The summed E-state index contributed by atoms with van der Waals surface area (Å²) in [7, 11) is 1.48. The van der Waals surface area contributed by atoms with E-state index in [1.54, 1.807) is 0 Å². The zero-order valence-electron chi connectivity index (χ0n) is 16.7. The molecular weight excluding hydrogens is 374 g/mol. The third-order valence-electron chi connectivity index (χ3n) is 5.87. The fraction of sp³-hybridized carbons (Fsp3) is 0.550. The van der Waals surface area contributed by atoms with E-state index in [0.29, 0.717) is 31.7 Å². The standard InChI is InChI=1S/C20H27N5O4/c1-22-18(26)14-17(21-20(22)28)24-6-8-25(9-7-24)19(27)15-2-4-16(5-3-15)23-10-12-29-13-11-23/h2-5,17H,6-14H2,1H3,(H,21,28). The average molecular weight is 401 g/mol. The molecule has 9 heteroatoms. The molecule has 0 saturated carbocycles. The number of morpholine rings is 1. The molecule has 29 heavy (non-hydrogen) atoms. The van der Waals surface area contributed by atoms with Gasteiger partial charge in [-0.1, -0.05) is 0 Å². The van der Waals surface area contributed by atoms with Crippen LogP contribution >= 0.6 is 0 Å². The van der Waals surface area contributed by atoms with Crippen molar-refractivity contribution in [3.8, 4) is 0 Å². The minimum Gasteiger partial charge on any atom is -0.378 e. The lowest BCUT2D eigenvalue weighted by Gasteiger charge is -2.41. The maximum atomic E-state index is 12.9. The van der Waals surface area contributed by atoms with E-state index in [9.17, 15) is 14.4 Å². The molecule has 3 aliphatic rings. The van der Waals surface area contributed by atoms with Gasteiger partial charge >= 0.3 is 6.03 Å². The van der Waals surface area contributed by atoms with Gasteiger partial charge in [-0.3, -0.25) is 19.4 Å². The summed E-state index contributed by atoms with van der Waals surface area (Å²) in [5, 5.41) is 2.85. The predicted molar refractivity (Wildman–Crippen MR) is 107 cm³/mol. The summed E-state index contributed by atoms with van der Waals surface area (Å²) in [5.74, 6) is -0.167. The normalized spacial score (nSPS) is 23.9. The summed E-state index contributed by atoms with van der Waals surface area (Å²) in [5.41, 5.74) is 1.79. The van der Waals surface area contributed by atoms with Crippen LogP contribution in [0.25, 0.3) is 0 Å².